The molecule has 0 amide bonds. The van der Waals surface area contributed by atoms with Crippen molar-refractivity contribution in [2.24, 2.45) is 0 Å². The van der Waals surface area contributed by atoms with Crippen molar-refractivity contribution < 1.29 is 28.2 Å². The molecule has 0 aliphatic carbocycles. The van der Waals surface area contributed by atoms with Gasteiger partial charge in [-0.2, -0.15) is 5.10 Å². The van der Waals surface area contributed by atoms with Crippen LogP contribution >= 0.6 is 0 Å². The minimum atomic E-state index is -0.718. The van der Waals surface area contributed by atoms with Crippen LogP contribution in [0.2, 0.25) is 0 Å². The van der Waals surface area contributed by atoms with Crippen LogP contribution < -0.4 is 0 Å². The third kappa shape index (κ3) is 5.14. The smallest absolute Gasteiger partial charge is 0.340 e. The fourth-order valence-electron chi connectivity index (χ4n) is 3.73. The van der Waals surface area contributed by atoms with Gasteiger partial charge in [-0.3, -0.25) is 4.79 Å². The van der Waals surface area contributed by atoms with E-state index in [-0.39, 0.29) is 23.6 Å². The summed E-state index contributed by atoms with van der Waals surface area (Å²) in [6.45, 7) is 8.26. The van der Waals surface area contributed by atoms with Gasteiger partial charge in [-0.1, -0.05) is 0 Å². The van der Waals surface area contributed by atoms with E-state index in [1.807, 2.05) is 6.92 Å². The van der Waals surface area contributed by atoms with Gasteiger partial charge in [0.05, 0.1) is 29.1 Å². The quantitative estimate of drug-likeness (QED) is 0.303. The van der Waals surface area contributed by atoms with E-state index in [9.17, 15) is 18.8 Å². The number of hydrogen-bond acceptors (Lipinski definition) is 6. The molecule has 0 atom stereocenters. The first kappa shape index (κ1) is 24.6. The van der Waals surface area contributed by atoms with E-state index < -0.39 is 24.3 Å². The molecule has 0 aliphatic rings. The van der Waals surface area contributed by atoms with E-state index in [0.717, 1.165) is 5.69 Å². The number of halogens is 1. The predicted molar refractivity (Wildman–Crippen MR) is 124 cm³/mol. The van der Waals surface area contributed by atoms with E-state index >= 15 is 0 Å². The predicted octanol–water partition coefficient (Wildman–Crippen LogP) is 4.19. The summed E-state index contributed by atoms with van der Waals surface area (Å²) in [5.74, 6) is -2.18. The molecule has 1 N–H and O–H groups in total. The molecular weight excluding hydrogens is 441 g/mol. The highest BCUT2D eigenvalue weighted by Crippen LogP contribution is 2.21. The number of benzene rings is 1. The maximum Gasteiger partial charge on any atom is 0.340 e. The van der Waals surface area contributed by atoms with Crippen molar-refractivity contribution in [2.75, 3.05) is 13.2 Å². The van der Waals surface area contributed by atoms with Crippen molar-refractivity contribution in [3.05, 3.63) is 75.6 Å². The second-order valence-electron chi connectivity index (χ2n) is 7.68. The molecule has 3 aromatic rings. The number of aromatic amines is 1. The van der Waals surface area contributed by atoms with Crippen molar-refractivity contribution in [1.82, 2.24) is 14.8 Å². The van der Waals surface area contributed by atoms with Gasteiger partial charge in [0, 0.05) is 28.7 Å². The number of H-pyrrole nitrogens is 1. The average molecular weight is 467 g/mol. The van der Waals surface area contributed by atoms with Crippen LogP contribution in [0.1, 0.15) is 56.0 Å². The molecule has 0 fully saturated rings. The number of aryl methyl sites for hydroxylation is 3. The molecule has 2 aromatic heterocycles. The molecule has 0 bridgehead atoms. The van der Waals surface area contributed by atoms with Crippen LogP contribution in [0.5, 0.6) is 0 Å². The Labute approximate surface area is 196 Å². The van der Waals surface area contributed by atoms with Crippen molar-refractivity contribution in [3.8, 4) is 5.69 Å². The van der Waals surface area contributed by atoms with Gasteiger partial charge in [0.1, 0.15) is 5.82 Å². The highest BCUT2D eigenvalue weighted by atomic mass is 19.1. The van der Waals surface area contributed by atoms with Crippen LogP contribution in [-0.2, 0) is 14.3 Å². The molecule has 2 heterocycles. The lowest BCUT2D eigenvalue weighted by molar-refractivity contribution is -0.136. The highest BCUT2D eigenvalue weighted by Gasteiger charge is 2.25. The van der Waals surface area contributed by atoms with Crippen LogP contribution in [0, 0.1) is 33.5 Å². The number of nitrogens with zero attached hydrogens (tertiary/aromatic N) is 2. The maximum atomic E-state index is 13.2. The number of Topliss-reactive ketones (excluding diaryl/α,β-unsaturated/α-hetero) is 1. The van der Waals surface area contributed by atoms with Crippen LogP contribution in [0.4, 0.5) is 4.39 Å². The second kappa shape index (κ2) is 10.3. The van der Waals surface area contributed by atoms with Gasteiger partial charge in [-0.25, -0.2) is 18.7 Å². The zero-order chi connectivity index (χ0) is 25.0. The van der Waals surface area contributed by atoms with Gasteiger partial charge in [0.15, 0.2) is 6.61 Å². The number of ether oxygens (including phenoxy) is 2. The summed E-state index contributed by atoms with van der Waals surface area (Å²) >= 11 is 0. The minimum Gasteiger partial charge on any atom is -0.462 e. The largest absolute Gasteiger partial charge is 0.462 e. The number of hydrogen-bond donors (Lipinski definition) is 1. The standard InChI is InChI=1S/C25H26FN3O5/c1-6-33-25(32)24-16(4)27-15(3)23(24)21(30)13-34-22(31)12-11-20-14(2)28-29(17(20)5)19-9-7-18(26)8-10-19/h7-12,27H,6,13H2,1-5H3. The molecule has 3 rings (SSSR count). The van der Waals surface area contributed by atoms with Gasteiger partial charge >= 0.3 is 11.9 Å². The zero-order valence-electron chi connectivity index (χ0n) is 19.7. The third-order valence-electron chi connectivity index (χ3n) is 5.28. The van der Waals surface area contributed by atoms with Gasteiger partial charge in [0.2, 0.25) is 5.78 Å². The lowest BCUT2D eigenvalue weighted by Gasteiger charge is -2.06. The number of nitrogens with one attached hydrogen (secondary N) is 1. The van der Waals surface area contributed by atoms with E-state index in [1.54, 1.807) is 50.6 Å². The van der Waals surface area contributed by atoms with Crippen LogP contribution in [-0.4, -0.2) is 45.7 Å². The average Bonchev–Trinajstić information content (AvgIpc) is 3.25. The van der Waals surface area contributed by atoms with Crippen LogP contribution in [0.15, 0.2) is 30.3 Å². The molecular formula is C25H26FN3O5. The molecule has 34 heavy (non-hydrogen) atoms. The topological polar surface area (TPSA) is 103 Å². The third-order valence-corrected chi connectivity index (χ3v) is 5.28. The Morgan fingerprint density at radius 2 is 1.68 bits per heavy atom. The van der Waals surface area contributed by atoms with Gasteiger partial charge < -0.3 is 14.5 Å². The summed E-state index contributed by atoms with van der Waals surface area (Å²) in [7, 11) is 0. The van der Waals surface area contributed by atoms with E-state index in [0.29, 0.717) is 28.3 Å². The highest BCUT2D eigenvalue weighted by molar-refractivity contribution is 6.09. The Morgan fingerprint density at radius 3 is 2.32 bits per heavy atom. The van der Waals surface area contributed by atoms with Crippen molar-refractivity contribution in [2.45, 2.75) is 34.6 Å². The number of ketones is 1. The molecule has 0 unspecified atom stereocenters. The van der Waals surface area contributed by atoms with E-state index in [2.05, 4.69) is 10.1 Å². The van der Waals surface area contributed by atoms with Crippen LogP contribution in [0.3, 0.4) is 0 Å². The summed E-state index contributed by atoms with van der Waals surface area (Å²) in [4.78, 5) is 40.2. The maximum absolute atomic E-state index is 13.2. The molecule has 0 saturated carbocycles. The number of rotatable bonds is 8. The van der Waals surface area contributed by atoms with Crippen molar-refractivity contribution in [1.29, 1.82) is 0 Å². The molecule has 0 radical (unpaired) electrons. The van der Waals surface area contributed by atoms with Crippen LogP contribution in [0.25, 0.3) is 11.8 Å². The van der Waals surface area contributed by atoms with Crippen molar-refractivity contribution >= 4 is 23.8 Å². The molecule has 0 spiro atoms. The molecule has 8 nitrogen and oxygen atoms in total. The normalized spacial score (nSPS) is 11.1. The number of esters is 2. The number of aromatic nitrogens is 3. The Balaban J connectivity index is 1.71. The van der Waals surface area contributed by atoms with Crippen molar-refractivity contribution in [3.63, 3.8) is 0 Å². The summed E-state index contributed by atoms with van der Waals surface area (Å²) < 4.78 is 25.0. The summed E-state index contributed by atoms with van der Waals surface area (Å²) in [6.07, 6.45) is 2.76. The lowest BCUT2D eigenvalue weighted by Crippen LogP contribution is -2.17. The lowest BCUT2D eigenvalue weighted by atomic mass is 10.1. The Bertz CT molecular complexity index is 1270. The fraction of sp³-hybridized carbons (Fsp3) is 0.280. The van der Waals surface area contributed by atoms with Gasteiger partial charge in [-0.15, -0.1) is 0 Å². The first-order chi connectivity index (χ1) is 16.1. The molecule has 1 aromatic carbocycles. The Kier molecular flexibility index (Phi) is 7.45. The fourth-order valence-corrected chi connectivity index (χ4v) is 3.73. The molecule has 9 heteroatoms. The summed E-state index contributed by atoms with van der Waals surface area (Å²) in [5.41, 5.74) is 4.11. The monoisotopic (exact) mass is 467 g/mol. The van der Waals surface area contributed by atoms with E-state index in [4.69, 9.17) is 9.47 Å². The first-order valence-electron chi connectivity index (χ1n) is 10.7. The summed E-state index contributed by atoms with van der Waals surface area (Å²) in [6, 6.07) is 5.91. The first-order valence-corrected chi connectivity index (χ1v) is 10.7. The molecule has 0 saturated heterocycles. The SMILES string of the molecule is CCOC(=O)c1c(C)[nH]c(C)c1C(=O)COC(=O)C=Cc1c(C)nn(-c2ccc(F)cc2)c1C. The number of carbonyl (C=O) groups is 3. The minimum absolute atomic E-state index is 0.149. The zero-order valence-corrected chi connectivity index (χ0v) is 19.7. The Hall–Kier alpha value is -4.01. The molecule has 178 valence electrons. The van der Waals surface area contributed by atoms with Gasteiger partial charge in [0.25, 0.3) is 0 Å². The van der Waals surface area contributed by atoms with Gasteiger partial charge in [-0.05, 0) is 65.0 Å². The number of carbonyl (C=O) groups excluding carboxylic acids is 3. The summed E-state index contributed by atoms with van der Waals surface area (Å²) in [5, 5.41) is 4.44. The van der Waals surface area contributed by atoms with E-state index in [1.165, 1.54) is 18.2 Å². The molecule has 0 aliphatic heterocycles. The Morgan fingerprint density at radius 1 is 1.03 bits per heavy atom. The second-order valence-corrected chi connectivity index (χ2v) is 7.68.